The molecule has 0 aromatic heterocycles. The van der Waals surface area contributed by atoms with Crippen molar-refractivity contribution in [3.8, 4) is 0 Å². The fourth-order valence-corrected chi connectivity index (χ4v) is 1.75. The predicted octanol–water partition coefficient (Wildman–Crippen LogP) is 4.28. The first kappa shape index (κ1) is 28.7. The largest absolute Gasteiger partial charge is 0.389 e. The third kappa shape index (κ3) is 35.0. The van der Waals surface area contributed by atoms with Crippen molar-refractivity contribution in [1.82, 2.24) is 10.6 Å². The van der Waals surface area contributed by atoms with Crippen LogP contribution in [-0.4, -0.2) is 45.4 Å². The Morgan fingerprint density at radius 3 is 1.72 bits per heavy atom. The van der Waals surface area contributed by atoms with E-state index in [1.54, 1.807) is 6.92 Å². The van der Waals surface area contributed by atoms with Gasteiger partial charge < -0.3 is 20.1 Å². The summed E-state index contributed by atoms with van der Waals surface area (Å²) in [6.07, 6.45) is 5.38. The van der Waals surface area contributed by atoms with Crippen LogP contribution >= 0.6 is 0 Å². The molecule has 2 N–H and O–H groups in total. The van der Waals surface area contributed by atoms with Gasteiger partial charge in [0, 0.05) is 38.9 Å². The molecule has 1 amide bonds. The second-order valence-corrected chi connectivity index (χ2v) is 5.18. The average molecular weight is 361 g/mol. The van der Waals surface area contributed by atoms with Crippen LogP contribution in [0.1, 0.15) is 73.6 Å². The summed E-state index contributed by atoms with van der Waals surface area (Å²) in [5.74, 6) is 0.0498. The second-order valence-electron chi connectivity index (χ2n) is 5.18. The fourth-order valence-electron chi connectivity index (χ4n) is 1.75. The Hall–Kier alpha value is -1.07. The molecule has 5 heteroatoms. The van der Waals surface area contributed by atoms with Crippen LogP contribution in [-0.2, 0) is 14.3 Å². The quantitative estimate of drug-likeness (QED) is 0.428. The van der Waals surface area contributed by atoms with Crippen LogP contribution in [0.3, 0.4) is 0 Å². The van der Waals surface area contributed by atoms with Crippen molar-refractivity contribution < 1.29 is 14.3 Å². The first-order valence-corrected chi connectivity index (χ1v) is 9.92. The number of unbranched alkanes of at least 4 members (excludes halogenated alkanes) is 3. The fraction of sp³-hybridized carbons (Fsp3) is 0.850. The van der Waals surface area contributed by atoms with Gasteiger partial charge in [-0.2, -0.15) is 0 Å². The van der Waals surface area contributed by atoms with Gasteiger partial charge >= 0.3 is 0 Å². The van der Waals surface area contributed by atoms with Crippen molar-refractivity contribution in [3.63, 3.8) is 0 Å². The molecular weight excluding hydrogens is 316 g/mol. The molecule has 0 saturated carbocycles. The topological polar surface area (TPSA) is 59.6 Å². The molecule has 25 heavy (non-hydrogen) atoms. The predicted molar refractivity (Wildman–Crippen MR) is 109 cm³/mol. The van der Waals surface area contributed by atoms with Gasteiger partial charge in [0.1, 0.15) is 0 Å². The molecule has 152 valence electrons. The molecule has 0 atom stereocenters. The summed E-state index contributed by atoms with van der Waals surface area (Å²) in [6, 6.07) is 0. The van der Waals surface area contributed by atoms with E-state index in [0.717, 1.165) is 64.1 Å². The van der Waals surface area contributed by atoms with Crippen molar-refractivity contribution in [1.29, 1.82) is 0 Å². The molecule has 0 spiro atoms. The first-order valence-electron chi connectivity index (χ1n) is 9.92. The molecule has 0 rings (SSSR count). The standard InChI is InChI=1S/C16H32N2O3.2C2H6/c1-15(2)17-10-8-12-21-14-13-20-11-7-5-4-6-9-18-16(3)19;2*1-2/h17H,1,4-14H2,2-3H3,(H,18,19);2*1-2H3. The summed E-state index contributed by atoms with van der Waals surface area (Å²) >= 11 is 0. The minimum absolute atomic E-state index is 0.0498. The van der Waals surface area contributed by atoms with Crippen LogP contribution in [0.4, 0.5) is 0 Å². The maximum absolute atomic E-state index is 10.6. The van der Waals surface area contributed by atoms with E-state index in [0.29, 0.717) is 13.2 Å². The zero-order valence-electron chi connectivity index (χ0n) is 17.7. The number of amides is 1. The van der Waals surface area contributed by atoms with E-state index >= 15 is 0 Å². The summed E-state index contributed by atoms with van der Waals surface area (Å²) in [5.41, 5.74) is 0.996. The van der Waals surface area contributed by atoms with Crippen LogP contribution < -0.4 is 10.6 Å². The summed E-state index contributed by atoms with van der Waals surface area (Å²) in [4.78, 5) is 10.6. The Morgan fingerprint density at radius 2 is 1.20 bits per heavy atom. The molecule has 0 bridgehead atoms. The lowest BCUT2D eigenvalue weighted by molar-refractivity contribution is -0.118. The maximum atomic E-state index is 10.6. The van der Waals surface area contributed by atoms with Crippen molar-refractivity contribution in [2.24, 2.45) is 0 Å². The molecule has 5 nitrogen and oxygen atoms in total. The summed E-state index contributed by atoms with van der Waals surface area (Å²) in [7, 11) is 0. The Kier molecular flexibility index (Phi) is 31.9. The monoisotopic (exact) mass is 360 g/mol. The minimum Gasteiger partial charge on any atom is -0.389 e. The van der Waals surface area contributed by atoms with Crippen molar-refractivity contribution in [2.45, 2.75) is 73.6 Å². The molecule has 0 aromatic rings. The summed E-state index contributed by atoms with van der Waals surface area (Å²) in [5, 5.41) is 5.96. The lowest BCUT2D eigenvalue weighted by atomic mass is 10.2. The van der Waals surface area contributed by atoms with Gasteiger partial charge in [-0.05, 0) is 26.2 Å². The van der Waals surface area contributed by atoms with Gasteiger partial charge in [-0.25, -0.2) is 0 Å². The van der Waals surface area contributed by atoms with Gasteiger partial charge in [-0.3, -0.25) is 4.79 Å². The van der Waals surface area contributed by atoms with Crippen LogP contribution in [0.2, 0.25) is 0 Å². The highest BCUT2D eigenvalue weighted by Gasteiger charge is 1.94. The van der Waals surface area contributed by atoms with E-state index in [-0.39, 0.29) is 5.91 Å². The number of nitrogens with one attached hydrogen (secondary N) is 2. The van der Waals surface area contributed by atoms with Crippen LogP contribution in [0.25, 0.3) is 0 Å². The van der Waals surface area contributed by atoms with E-state index in [2.05, 4.69) is 17.2 Å². The molecule has 0 aliphatic heterocycles. The number of allylic oxidation sites excluding steroid dienone is 1. The Balaban J connectivity index is -0.00000112. The van der Waals surface area contributed by atoms with E-state index in [1.165, 1.54) is 0 Å². The van der Waals surface area contributed by atoms with E-state index < -0.39 is 0 Å². The van der Waals surface area contributed by atoms with Gasteiger partial charge in [0.25, 0.3) is 0 Å². The van der Waals surface area contributed by atoms with Crippen molar-refractivity contribution in [2.75, 3.05) is 39.5 Å². The molecule has 0 aliphatic rings. The van der Waals surface area contributed by atoms with Crippen molar-refractivity contribution >= 4 is 5.91 Å². The van der Waals surface area contributed by atoms with E-state index in [9.17, 15) is 4.79 Å². The van der Waals surface area contributed by atoms with Gasteiger partial charge in [0.15, 0.2) is 0 Å². The van der Waals surface area contributed by atoms with Gasteiger partial charge in [-0.1, -0.05) is 47.1 Å². The lowest BCUT2D eigenvalue weighted by Crippen LogP contribution is -2.20. The normalized spacial score (nSPS) is 9.20. The first-order chi connectivity index (χ1) is 12.1. The molecule has 0 unspecified atom stereocenters. The molecule has 0 aliphatic carbocycles. The lowest BCUT2D eigenvalue weighted by Gasteiger charge is -2.07. The zero-order chi connectivity index (χ0) is 19.8. The third-order valence-corrected chi connectivity index (χ3v) is 2.85. The minimum atomic E-state index is 0.0498. The molecule has 0 heterocycles. The number of ether oxygens (including phenoxy) is 2. The third-order valence-electron chi connectivity index (χ3n) is 2.85. The molecule has 0 saturated heterocycles. The molecule has 0 fully saturated rings. The number of rotatable bonds is 15. The highest BCUT2D eigenvalue weighted by molar-refractivity contribution is 5.72. The van der Waals surface area contributed by atoms with Crippen LogP contribution in [0.15, 0.2) is 12.3 Å². The van der Waals surface area contributed by atoms with E-state index in [1.807, 2.05) is 34.6 Å². The number of carbonyl (C=O) groups is 1. The average Bonchev–Trinajstić information content (AvgIpc) is 2.61. The molecular formula is C20H44N2O3. The number of hydrogen-bond donors (Lipinski definition) is 2. The molecule has 0 aromatic carbocycles. The smallest absolute Gasteiger partial charge is 0.216 e. The Bertz CT molecular complexity index is 246. The SMILES string of the molecule is C=C(C)NCCCOCCOCCCCCCNC(C)=O.CC.CC. The second kappa shape index (κ2) is 27.8. The highest BCUT2D eigenvalue weighted by Crippen LogP contribution is 1.99. The number of hydrogen-bond acceptors (Lipinski definition) is 4. The van der Waals surface area contributed by atoms with Crippen molar-refractivity contribution in [3.05, 3.63) is 12.3 Å². The van der Waals surface area contributed by atoms with Gasteiger partial charge in [-0.15, -0.1) is 0 Å². The van der Waals surface area contributed by atoms with E-state index in [4.69, 9.17) is 9.47 Å². The van der Waals surface area contributed by atoms with Gasteiger partial charge in [0.05, 0.1) is 13.2 Å². The van der Waals surface area contributed by atoms with Crippen LogP contribution in [0, 0.1) is 0 Å². The van der Waals surface area contributed by atoms with Gasteiger partial charge in [0.2, 0.25) is 5.91 Å². The zero-order valence-corrected chi connectivity index (χ0v) is 17.7. The summed E-state index contributed by atoms with van der Waals surface area (Å²) in [6.45, 7) is 19.8. The highest BCUT2D eigenvalue weighted by atomic mass is 16.5. The number of carbonyl (C=O) groups excluding carboxylic acids is 1. The summed E-state index contributed by atoms with van der Waals surface area (Å²) < 4.78 is 11.0. The molecule has 0 radical (unpaired) electrons. The Labute approximate surface area is 156 Å². The Morgan fingerprint density at radius 1 is 0.720 bits per heavy atom. The van der Waals surface area contributed by atoms with Crippen LogP contribution in [0.5, 0.6) is 0 Å². The maximum Gasteiger partial charge on any atom is 0.216 e.